The molecule has 2 fully saturated rings. The fraction of sp³-hybridized carbons (Fsp3) is 0.846. The van der Waals surface area contributed by atoms with Crippen LogP contribution in [-0.4, -0.2) is 36.7 Å². The first-order chi connectivity index (χ1) is 7.80. The van der Waals surface area contributed by atoms with Gasteiger partial charge in [-0.1, -0.05) is 13.8 Å². The van der Waals surface area contributed by atoms with Crippen molar-refractivity contribution in [3.05, 3.63) is 11.9 Å². The van der Waals surface area contributed by atoms with Crippen molar-refractivity contribution in [1.29, 1.82) is 0 Å². The molecule has 2 nitrogen and oxygen atoms in total. The van der Waals surface area contributed by atoms with Crippen molar-refractivity contribution < 1.29 is 9.13 Å². The third-order valence-corrected chi connectivity index (χ3v) is 3.42. The Hall–Kier alpha value is -0.410. The molecule has 0 aliphatic carbocycles. The minimum Gasteiger partial charge on any atom is -0.380 e. The zero-order valence-corrected chi connectivity index (χ0v) is 10.8. The second-order valence-corrected chi connectivity index (χ2v) is 4.33. The first-order valence-corrected chi connectivity index (χ1v) is 6.42. The molecule has 0 radical (unpaired) electrons. The van der Waals surface area contributed by atoms with Crippen LogP contribution in [0.5, 0.6) is 0 Å². The summed E-state index contributed by atoms with van der Waals surface area (Å²) in [7, 11) is 0. The van der Waals surface area contributed by atoms with E-state index in [4.69, 9.17) is 4.74 Å². The maximum absolute atomic E-state index is 12.5. The number of ether oxygens (including phenoxy) is 1. The van der Waals surface area contributed by atoms with Gasteiger partial charge in [0.1, 0.15) is 0 Å². The normalized spacial score (nSPS) is 31.4. The Kier molecular flexibility index (Phi) is 5.42. The van der Waals surface area contributed by atoms with Crippen molar-refractivity contribution in [2.24, 2.45) is 0 Å². The third-order valence-electron chi connectivity index (χ3n) is 3.42. The topological polar surface area (TPSA) is 12.5 Å². The molecule has 0 N–H and O–H groups in total. The zero-order chi connectivity index (χ0) is 12.0. The molecule has 1 atom stereocenters. The van der Waals surface area contributed by atoms with E-state index in [2.05, 4.69) is 4.90 Å². The molecule has 94 valence electrons. The largest absolute Gasteiger partial charge is 0.380 e. The highest BCUT2D eigenvalue weighted by molar-refractivity contribution is 5.19. The van der Waals surface area contributed by atoms with Crippen LogP contribution in [0.3, 0.4) is 0 Å². The number of nitrogens with zero attached hydrogens (tertiary/aromatic N) is 1. The maximum Gasteiger partial charge on any atom is 0.0872 e. The van der Waals surface area contributed by atoms with Crippen LogP contribution in [0, 0.1) is 0 Å². The Balaban J connectivity index is 0.000000606. The van der Waals surface area contributed by atoms with Gasteiger partial charge in [-0.3, -0.25) is 4.90 Å². The molecule has 16 heavy (non-hydrogen) atoms. The Morgan fingerprint density at radius 2 is 2.25 bits per heavy atom. The third kappa shape index (κ3) is 2.64. The van der Waals surface area contributed by atoms with E-state index in [0.717, 1.165) is 51.0 Å². The van der Waals surface area contributed by atoms with Gasteiger partial charge in [0.25, 0.3) is 0 Å². The molecular weight excluding hydrogens is 205 g/mol. The highest BCUT2D eigenvalue weighted by Gasteiger charge is 2.46. The van der Waals surface area contributed by atoms with E-state index in [1.54, 1.807) is 0 Å². The van der Waals surface area contributed by atoms with Crippen LogP contribution in [0.1, 0.15) is 40.0 Å². The molecule has 0 spiro atoms. The van der Waals surface area contributed by atoms with Gasteiger partial charge in [-0.2, -0.15) is 0 Å². The lowest BCUT2D eigenvalue weighted by Crippen LogP contribution is -2.42. The highest BCUT2D eigenvalue weighted by Crippen LogP contribution is 2.41. The summed E-state index contributed by atoms with van der Waals surface area (Å²) in [5.74, 6) is 0. The van der Waals surface area contributed by atoms with Crippen LogP contribution in [0.15, 0.2) is 11.9 Å². The molecule has 2 heterocycles. The Morgan fingerprint density at radius 3 is 2.88 bits per heavy atom. The van der Waals surface area contributed by atoms with E-state index in [0.29, 0.717) is 0 Å². The summed E-state index contributed by atoms with van der Waals surface area (Å²) in [6.45, 7) is 9.44. The predicted molar refractivity (Wildman–Crippen MR) is 65.2 cm³/mol. The lowest BCUT2D eigenvalue weighted by Gasteiger charge is -2.30. The van der Waals surface area contributed by atoms with Crippen LogP contribution in [0.25, 0.3) is 0 Å². The van der Waals surface area contributed by atoms with Gasteiger partial charge in [0, 0.05) is 18.7 Å². The van der Waals surface area contributed by atoms with Gasteiger partial charge >= 0.3 is 0 Å². The minimum atomic E-state index is 0.133. The molecule has 0 bridgehead atoms. The van der Waals surface area contributed by atoms with E-state index in [-0.39, 0.29) is 5.54 Å². The Morgan fingerprint density at radius 1 is 1.50 bits per heavy atom. The lowest BCUT2D eigenvalue weighted by atomic mass is 9.94. The fourth-order valence-electron chi connectivity index (χ4n) is 2.74. The molecule has 0 unspecified atom stereocenters. The summed E-state index contributed by atoms with van der Waals surface area (Å²) < 4.78 is 18.0. The fourth-order valence-corrected chi connectivity index (χ4v) is 2.74. The van der Waals surface area contributed by atoms with Crippen LogP contribution in [0.2, 0.25) is 0 Å². The molecule has 2 saturated heterocycles. The summed E-state index contributed by atoms with van der Waals surface area (Å²) in [4.78, 5) is 2.38. The molecule has 0 aromatic rings. The van der Waals surface area contributed by atoms with Crippen molar-refractivity contribution in [3.63, 3.8) is 0 Å². The molecule has 0 aromatic heterocycles. The van der Waals surface area contributed by atoms with Gasteiger partial charge in [0.05, 0.1) is 12.9 Å². The molecule has 0 amide bonds. The van der Waals surface area contributed by atoms with Gasteiger partial charge in [-0.15, -0.1) is 0 Å². The van der Waals surface area contributed by atoms with E-state index in [1.165, 1.54) is 6.42 Å². The van der Waals surface area contributed by atoms with Gasteiger partial charge < -0.3 is 4.74 Å². The molecule has 0 aromatic carbocycles. The van der Waals surface area contributed by atoms with Crippen LogP contribution in [0.4, 0.5) is 4.39 Å². The van der Waals surface area contributed by atoms with Crippen LogP contribution < -0.4 is 0 Å². The van der Waals surface area contributed by atoms with Crippen molar-refractivity contribution in [2.45, 2.75) is 45.6 Å². The average molecular weight is 229 g/mol. The van der Waals surface area contributed by atoms with Crippen LogP contribution >= 0.6 is 0 Å². The minimum absolute atomic E-state index is 0.133. The summed E-state index contributed by atoms with van der Waals surface area (Å²) in [6, 6.07) is 0. The SMILES string of the molecule is CC.CCOC[C@@]12CCCN1C/C(=C\F)C2. The zero-order valence-electron chi connectivity index (χ0n) is 10.8. The van der Waals surface area contributed by atoms with Crippen LogP contribution in [-0.2, 0) is 4.74 Å². The van der Waals surface area contributed by atoms with Gasteiger partial charge in [-0.25, -0.2) is 4.39 Å². The number of fused-ring (bicyclic) bond motifs is 1. The molecular formula is C13H24FNO. The number of hydrogen-bond donors (Lipinski definition) is 0. The molecule has 2 aliphatic heterocycles. The first-order valence-electron chi connectivity index (χ1n) is 6.42. The summed E-state index contributed by atoms with van der Waals surface area (Å²) in [5, 5.41) is 0. The first kappa shape index (κ1) is 13.7. The van der Waals surface area contributed by atoms with Gasteiger partial charge in [-0.05, 0) is 38.3 Å². The highest BCUT2D eigenvalue weighted by atomic mass is 19.1. The average Bonchev–Trinajstić information content (AvgIpc) is 2.85. The quantitative estimate of drug-likeness (QED) is 0.737. The number of hydrogen-bond acceptors (Lipinski definition) is 2. The smallest absolute Gasteiger partial charge is 0.0872 e. The lowest BCUT2D eigenvalue weighted by molar-refractivity contribution is 0.0418. The Labute approximate surface area is 98.5 Å². The molecule has 0 saturated carbocycles. The summed E-state index contributed by atoms with van der Waals surface area (Å²) >= 11 is 0. The van der Waals surface area contributed by atoms with E-state index in [9.17, 15) is 4.39 Å². The van der Waals surface area contributed by atoms with E-state index in [1.807, 2.05) is 20.8 Å². The monoisotopic (exact) mass is 229 g/mol. The van der Waals surface area contributed by atoms with Gasteiger partial charge in [0.15, 0.2) is 0 Å². The van der Waals surface area contributed by atoms with Crippen molar-refractivity contribution in [3.8, 4) is 0 Å². The van der Waals surface area contributed by atoms with Crippen molar-refractivity contribution in [2.75, 3.05) is 26.3 Å². The molecule has 2 rings (SSSR count). The van der Waals surface area contributed by atoms with Crippen molar-refractivity contribution >= 4 is 0 Å². The standard InChI is InChI=1S/C11H18FNO.C2H6/c1-2-14-9-11-4-3-5-13(11)8-10(6-11)7-12;1-2/h7H,2-6,8-9H2,1H3;1-2H3/b10-7-;/t11-;/m0./s1. The maximum atomic E-state index is 12.5. The Bertz CT molecular complexity index is 242. The second-order valence-electron chi connectivity index (χ2n) is 4.33. The second kappa shape index (κ2) is 6.36. The van der Waals surface area contributed by atoms with Crippen molar-refractivity contribution in [1.82, 2.24) is 4.90 Å². The molecule has 2 aliphatic rings. The van der Waals surface area contributed by atoms with Gasteiger partial charge in [0.2, 0.25) is 0 Å². The summed E-state index contributed by atoms with van der Waals surface area (Å²) in [6.07, 6.45) is 4.03. The number of rotatable bonds is 3. The van der Waals surface area contributed by atoms with E-state index >= 15 is 0 Å². The predicted octanol–water partition coefficient (Wildman–Crippen LogP) is 3.14. The summed E-state index contributed by atoms with van der Waals surface area (Å²) in [5.41, 5.74) is 1.07. The molecule has 3 heteroatoms. The van der Waals surface area contributed by atoms with E-state index < -0.39 is 0 Å². The number of halogens is 1.